The Hall–Kier alpha value is -0.430. The van der Waals surface area contributed by atoms with E-state index in [1.165, 1.54) is 5.56 Å². The summed E-state index contributed by atoms with van der Waals surface area (Å²) in [5.41, 5.74) is 1.28. The molecule has 102 valence electrons. The molecule has 1 aromatic rings. The van der Waals surface area contributed by atoms with Crippen molar-refractivity contribution in [2.75, 3.05) is 33.4 Å². The van der Waals surface area contributed by atoms with E-state index in [1.807, 2.05) is 7.05 Å². The Morgan fingerprint density at radius 1 is 1.56 bits per heavy atom. The topological polar surface area (TPSA) is 38.8 Å². The third-order valence-electron chi connectivity index (χ3n) is 2.22. The average Bonchev–Trinajstić information content (AvgIpc) is 2.70. The monoisotopic (exact) mass is 335 g/mol. The van der Waals surface area contributed by atoms with Gasteiger partial charge in [-0.3, -0.25) is 4.90 Å². The molecule has 1 aromatic heterocycles. The maximum Gasteiger partial charge on any atom is 0.332 e. The van der Waals surface area contributed by atoms with E-state index in [4.69, 9.17) is 9.47 Å². The zero-order valence-electron chi connectivity index (χ0n) is 10.6. The number of nitrogens with zero attached hydrogens (tertiary/aromatic N) is 1. The number of esters is 1. The highest BCUT2D eigenvalue weighted by atomic mass is 79.9. The number of carbonyl (C=O) groups is 1. The molecule has 0 saturated carbocycles. The molecule has 0 bridgehead atoms. The zero-order valence-corrected chi connectivity index (χ0v) is 13.1. The van der Waals surface area contributed by atoms with Crippen molar-refractivity contribution >= 4 is 33.2 Å². The van der Waals surface area contributed by atoms with E-state index in [2.05, 4.69) is 32.3 Å². The number of halogens is 1. The van der Waals surface area contributed by atoms with Crippen molar-refractivity contribution in [1.82, 2.24) is 4.90 Å². The fraction of sp³-hybridized carbons (Fsp3) is 0.583. The molecule has 0 unspecified atom stereocenters. The molecule has 0 aromatic carbocycles. The van der Waals surface area contributed by atoms with Crippen molar-refractivity contribution in [3.05, 3.63) is 20.8 Å². The Kier molecular flexibility index (Phi) is 7.50. The van der Waals surface area contributed by atoms with Gasteiger partial charge in [-0.2, -0.15) is 0 Å². The van der Waals surface area contributed by atoms with E-state index >= 15 is 0 Å². The summed E-state index contributed by atoms with van der Waals surface area (Å²) in [4.78, 5) is 13.2. The molecule has 6 heteroatoms. The quantitative estimate of drug-likeness (QED) is 0.540. The van der Waals surface area contributed by atoms with Gasteiger partial charge in [0.15, 0.2) is 0 Å². The molecule has 0 aliphatic carbocycles. The van der Waals surface area contributed by atoms with Crippen LogP contribution in [0.1, 0.15) is 12.5 Å². The van der Waals surface area contributed by atoms with Crippen LogP contribution in [0.3, 0.4) is 0 Å². The number of thiophene rings is 1. The normalized spacial score (nSPS) is 10.9. The molecule has 18 heavy (non-hydrogen) atoms. The van der Waals surface area contributed by atoms with E-state index in [1.54, 1.807) is 18.3 Å². The van der Waals surface area contributed by atoms with E-state index in [0.717, 1.165) is 16.9 Å². The molecule has 4 nitrogen and oxygen atoms in total. The van der Waals surface area contributed by atoms with Gasteiger partial charge in [-0.25, -0.2) is 4.79 Å². The molecule has 0 aliphatic rings. The summed E-state index contributed by atoms with van der Waals surface area (Å²) in [6, 6.07) is 2.11. The molecule has 0 atom stereocenters. The van der Waals surface area contributed by atoms with Crippen molar-refractivity contribution in [1.29, 1.82) is 0 Å². The molecule has 0 amide bonds. The van der Waals surface area contributed by atoms with Gasteiger partial charge >= 0.3 is 5.97 Å². The molecule has 0 N–H and O–H groups in total. The lowest BCUT2D eigenvalue weighted by Crippen LogP contribution is -2.24. The minimum Gasteiger partial charge on any atom is -0.464 e. The summed E-state index contributed by atoms with van der Waals surface area (Å²) in [5, 5.41) is 2.13. The summed E-state index contributed by atoms with van der Waals surface area (Å²) >= 11 is 5.12. The predicted octanol–water partition coefficient (Wildman–Crippen LogP) is 2.52. The second-order valence-corrected chi connectivity index (χ2v) is 6.14. The van der Waals surface area contributed by atoms with E-state index in [0.29, 0.717) is 13.2 Å². The molecule has 1 heterocycles. The Morgan fingerprint density at radius 2 is 2.33 bits per heavy atom. The number of carbonyl (C=O) groups excluding carboxylic acids is 1. The van der Waals surface area contributed by atoms with Crippen LogP contribution in [0.15, 0.2) is 15.2 Å². The van der Waals surface area contributed by atoms with Gasteiger partial charge in [0, 0.05) is 13.1 Å². The summed E-state index contributed by atoms with van der Waals surface area (Å²) in [7, 11) is 2.03. The van der Waals surface area contributed by atoms with Crippen molar-refractivity contribution < 1.29 is 14.3 Å². The molecule has 0 saturated heterocycles. The van der Waals surface area contributed by atoms with Crippen LogP contribution >= 0.6 is 27.3 Å². The van der Waals surface area contributed by atoms with Gasteiger partial charge in [-0.1, -0.05) is 0 Å². The number of rotatable bonds is 8. The molecule has 0 aliphatic heterocycles. The number of likely N-dealkylation sites (N-methyl/N-ethyl adjacent to an activating group) is 1. The molecule has 0 radical (unpaired) electrons. The van der Waals surface area contributed by atoms with Crippen LogP contribution in [0.4, 0.5) is 0 Å². The Morgan fingerprint density at radius 3 is 2.94 bits per heavy atom. The van der Waals surface area contributed by atoms with Gasteiger partial charge in [0.2, 0.25) is 0 Å². The van der Waals surface area contributed by atoms with Crippen LogP contribution in [0.5, 0.6) is 0 Å². The predicted molar refractivity (Wildman–Crippen MR) is 75.8 cm³/mol. The maximum atomic E-state index is 11.0. The van der Waals surface area contributed by atoms with E-state index < -0.39 is 0 Å². The molecule has 0 fully saturated rings. The van der Waals surface area contributed by atoms with Gasteiger partial charge in [0.05, 0.1) is 17.0 Å². The smallest absolute Gasteiger partial charge is 0.332 e. The van der Waals surface area contributed by atoms with Gasteiger partial charge in [0.25, 0.3) is 0 Å². The second kappa shape index (κ2) is 8.63. The first kappa shape index (κ1) is 15.6. The number of ether oxygens (including phenoxy) is 2. The van der Waals surface area contributed by atoms with Gasteiger partial charge in [-0.05, 0) is 46.9 Å². The van der Waals surface area contributed by atoms with Gasteiger partial charge in [-0.15, -0.1) is 11.3 Å². The van der Waals surface area contributed by atoms with Crippen LogP contribution in [0.2, 0.25) is 0 Å². The number of hydrogen-bond acceptors (Lipinski definition) is 5. The van der Waals surface area contributed by atoms with Crippen LogP contribution in [-0.2, 0) is 20.8 Å². The summed E-state index contributed by atoms with van der Waals surface area (Å²) in [6.07, 6.45) is 0. The highest BCUT2D eigenvalue weighted by molar-refractivity contribution is 9.11. The third kappa shape index (κ3) is 6.49. The fourth-order valence-corrected chi connectivity index (χ4v) is 2.60. The molecular formula is C12H18BrNO3S. The Labute approximate surface area is 120 Å². The van der Waals surface area contributed by atoms with E-state index in [-0.39, 0.29) is 12.6 Å². The lowest BCUT2D eigenvalue weighted by Gasteiger charge is -2.15. The van der Waals surface area contributed by atoms with E-state index in [9.17, 15) is 4.79 Å². The van der Waals surface area contributed by atoms with Crippen LogP contribution in [0, 0.1) is 0 Å². The summed E-state index contributed by atoms with van der Waals surface area (Å²) in [5.74, 6) is -0.304. The van der Waals surface area contributed by atoms with Crippen LogP contribution in [0.25, 0.3) is 0 Å². The first-order chi connectivity index (χ1) is 8.61. The summed E-state index contributed by atoms with van der Waals surface area (Å²) in [6.45, 7) is 4.41. The van der Waals surface area contributed by atoms with Gasteiger partial charge < -0.3 is 9.47 Å². The zero-order chi connectivity index (χ0) is 13.4. The number of hydrogen-bond donors (Lipinski definition) is 0. The first-order valence-electron chi connectivity index (χ1n) is 5.76. The third-order valence-corrected chi connectivity index (χ3v) is 3.77. The molecule has 1 rings (SSSR count). The first-order valence-corrected chi connectivity index (χ1v) is 7.44. The standard InChI is InChI=1S/C12H18BrNO3S/c1-3-17-12(15)8-16-5-4-14(2)7-10-6-11(13)18-9-10/h6,9H,3-5,7-8H2,1-2H3. The largest absolute Gasteiger partial charge is 0.464 e. The Bertz CT molecular complexity index is 370. The second-order valence-electron chi connectivity index (χ2n) is 3.85. The average molecular weight is 336 g/mol. The minimum atomic E-state index is -0.304. The van der Waals surface area contributed by atoms with Gasteiger partial charge in [0.1, 0.15) is 6.61 Å². The van der Waals surface area contributed by atoms with Crippen LogP contribution in [-0.4, -0.2) is 44.3 Å². The SMILES string of the molecule is CCOC(=O)COCCN(C)Cc1csc(Br)c1. The van der Waals surface area contributed by atoms with Crippen LogP contribution < -0.4 is 0 Å². The molecule has 0 spiro atoms. The lowest BCUT2D eigenvalue weighted by atomic mass is 10.3. The lowest BCUT2D eigenvalue weighted by molar-refractivity contribution is -0.148. The van der Waals surface area contributed by atoms with Crippen molar-refractivity contribution in [2.45, 2.75) is 13.5 Å². The maximum absolute atomic E-state index is 11.0. The Balaban J connectivity index is 2.10. The van der Waals surface area contributed by atoms with Crippen molar-refractivity contribution in [3.63, 3.8) is 0 Å². The highest BCUT2D eigenvalue weighted by Crippen LogP contribution is 2.21. The summed E-state index contributed by atoms with van der Waals surface area (Å²) < 4.78 is 11.1. The highest BCUT2D eigenvalue weighted by Gasteiger charge is 2.04. The fourth-order valence-electron chi connectivity index (χ4n) is 1.40. The minimum absolute atomic E-state index is 0.0334. The van der Waals surface area contributed by atoms with Crippen molar-refractivity contribution in [2.24, 2.45) is 0 Å². The van der Waals surface area contributed by atoms with Crippen molar-refractivity contribution in [3.8, 4) is 0 Å². The molecular weight excluding hydrogens is 318 g/mol.